The molecule has 1 fully saturated rings. The number of rotatable bonds is 6. The highest BCUT2D eigenvalue weighted by molar-refractivity contribution is 5.94. The number of nitrogens with one attached hydrogen (secondary N) is 1. The second kappa shape index (κ2) is 9.87. The molecule has 0 radical (unpaired) electrons. The van der Waals surface area contributed by atoms with E-state index in [4.69, 9.17) is 0 Å². The van der Waals surface area contributed by atoms with Crippen LogP contribution in [0, 0.1) is 5.41 Å². The van der Waals surface area contributed by atoms with Crippen molar-refractivity contribution in [1.82, 2.24) is 14.5 Å². The SMILES string of the molecule is Cn1ccc(=O)n(-c2cccc3c(C[C@H](NC(=O)C4(C(F)(F)F)CCCCC4)C(=O)O)cccc23)c1=O. The number of fused-ring (bicyclic) bond motifs is 1. The average Bonchev–Trinajstić information content (AvgIpc) is 2.86. The van der Waals surface area contributed by atoms with E-state index >= 15 is 0 Å². The molecule has 0 aliphatic heterocycles. The highest BCUT2D eigenvalue weighted by Crippen LogP contribution is 2.49. The van der Waals surface area contributed by atoms with Gasteiger partial charge >= 0.3 is 17.8 Å². The molecule has 1 aromatic heterocycles. The molecule has 196 valence electrons. The van der Waals surface area contributed by atoms with Crippen molar-refractivity contribution in [3.8, 4) is 5.69 Å². The Hall–Kier alpha value is -3.89. The Balaban J connectivity index is 1.72. The summed E-state index contributed by atoms with van der Waals surface area (Å²) in [6.45, 7) is 0. The number of alkyl halides is 3. The average molecular weight is 518 g/mol. The molecule has 1 amide bonds. The van der Waals surface area contributed by atoms with Gasteiger partial charge in [-0.15, -0.1) is 0 Å². The molecule has 1 aliphatic rings. The van der Waals surface area contributed by atoms with Crippen LogP contribution in [0.5, 0.6) is 0 Å². The van der Waals surface area contributed by atoms with E-state index in [0.717, 1.165) is 4.57 Å². The molecule has 0 spiro atoms. The van der Waals surface area contributed by atoms with Crippen LogP contribution in [-0.4, -0.2) is 38.3 Å². The van der Waals surface area contributed by atoms with E-state index in [1.807, 2.05) is 0 Å². The summed E-state index contributed by atoms with van der Waals surface area (Å²) in [7, 11) is 1.50. The lowest BCUT2D eigenvalue weighted by atomic mass is 9.72. The molecule has 11 heteroatoms. The van der Waals surface area contributed by atoms with Gasteiger partial charge in [0.2, 0.25) is 5.91 Å². The van der Waals surface area contributed by atoms with Gasteiger partial charge in [0, 0.05) is 31.1 Å². The minimum Gasteiger partial charge on any atom is -0.480 e. The first-order chi connectivity index (χ1) is 17.5. The van der Waals surface area contributed by atoms with Crippen molar-refractivity contribution in [2.75, 3.05) is 0 Å². The molecule has 4 rings (SSSR count). The van der Waals surface area contributed by atoms with E-state index in [1.54, 1.807) is 36.4 Å². The van der Waals surface area contributed by atoms with Crippen LogP contribution < -0.4 is 16.6 Å². The molecule has 0 saturated heterocycles. The molecule has 1 heterocycles. The van der Waals surface area contributed by atoms with Gasteiger partial charge in [-0.2, -0.15) is 13.2 Å². The molecule has 1 aliphatic carbocycles. The maximum absolute atomic E-state index is 14.0. The van der Waals surface area contributed by atoms with Crippen molar-refractivity contribution in [3.05, 3.63) is 75.1 Å². The maximum atomic E-state index is 14.0. The number of aliphatic carboxylic acids is 1. The summed E-state index contributed by atoms with van der Waals surface area (Å²) in [6.07, 6.45) is -3.47. The number of hydrogen-bond acceptors (Lipinski definition) is 4. The minimum atomic E-state index is -4.80. The Kier molecular flexibility index (Phi) is 6.98. The number of carboxylic acid groups (broad SMARTS) is 1. The van der Waals surface area contributed by atoms with E-state index < -0.39 is 40.8 Å². The monoisotopic (exact) mass is 517 g/mol. The topological polar surface area (TPSA) is 110 Å². The fourth-order valence-electron chi connectivity index (χ4n) is 5.03. The number of carbonyl (C=O) groups excluding carboxylic acids is 1. The summed E-state index contributed by atoms with van der Waals surface area (Å²) in [5.41, 5.74) is -3.04. The molecule has 0 unspecified atom stereocenters. The lowest BCUT2D eigenvalue weighted by Crippen LogP contribution is -2.56. The predicted octanol–water partition coefficient (Wildman–Crippen LogP) is 3.31. The van der Waals surface area contributed by atoms with Gasteiger partial charge in [0.15, 0.2) is 0 Å². The van der Waals surface area contributed by atoms with Gasteiger partial charge < -0.3 is 15.0 Å². The standard InChI is InChI=1S/C26H26F3N3O5/c1-31-14-11-21(33)32(24(31)37)20-10-6-8-17-16(7-5-9-18(17)20)15-19(22(34)35)30-23(36)25(26(27,28)29)12-3-2-4-13-25/h5-11,14,19H,2-4,12-13,15H2,1H3,(H,30,36)(H,34,35)/t19-/m0/s1. The third-order valence-corrected chi connectivity index (χ3v) is 7.10. The van der Waals surface area contributed by atoms with Crippen LogP contribution in [0.2, 0.25) is 0 Å². The van der Waals surface area contributed by atoms with E-state index in [1.165, 1.54) is 23.9 Å². The molecular weight excluding hydrogens is 491 g/mol. The van der Waals surface area contributed by atoms with Gasteiger partial charge in [-0.1, -0.05) is 49.6 Å². The number of carbonyl (C=O) groups is 2. The lowest BCUT2D eigenvalue weighted by Gasteiger charge is -2.38. The van der Waals surface area contributed by atoms with E-state index in [9.17, 15) is 37.5 Å². The van der Waals surface area contributed by atoms with Crippen LogP contribution in [-0.2, 0) is 23.1 Å². The summed E-state index contributed by atoms with van der Waals surface area (Å²) < 4.78 is 44.1. The normalized spacial score (nSPS) is 16.3. The zero-order chi connectivity index (χ0) is 27.0. The van der Waals surface area contributed by atoms with Gasteiger partial charge in [0.1, 0.15) is 11.5 Å². The Morgan fingerprint density at radius 3 is 2.32 bits per heavy atom. The summed E-state index contributed by atoms with van der Waals surface area (Å²) >= 11 is 0. The van der Waals surface area contributed by atoms with Gasteiger partial charge in [-0.3, -0.25) is 9.59 Å². The molecule has 1 atom stereocenters. The molecule has 3 aromatic rings. The van der Waals surface area contributed by atoms with Gasteiger partial charge in [0.05, 0.1) is 5.69 Å². The quantitative estimate of drug-likeness (QED) is 0.521. The fraction of sp³-hybridized carbons (Fsp3) is 0.385. The summed E-state index contributed by atoms with van der Waals surface area (Å²) in [6, 6.07) is 9.29. The maximum Gasteiger partial charge on any atom is 0.403 e. The molecule has 1 saturated carbocycles. The lowest BCUT2D eigenvalue weighted by molar-refractivity contribution is -0.230. The third kappa shape index (κ3) is 4.77. The Bertz CT molecular complexity index is 1470. The van der Waals surface area contributed by atoms with Crippen molar-refractivity contribution in [2.24, 2.45) is 12.5 Å². The van der Waals surface area contributed by atoms with Crippen LogP contribution in [0.1, 0.15) is 37.7 Å². The highest BCUT2D eigenvalue weighted by atomic mass is 19.4. The predicted molar refractivity (Wildman–Crippen MR) is 130 cm³/mol. The van der Waals surface area contributed by atoms with E-state index in [0.29, 0.717) is 22.8 Å². The van der Waals surface area contributed by atoms with Crippen LogP contribution in [0.25, 0.3) is 16.5 Å². The smallest absolute Gasteiger partial charge is 0.403 e. The first-order valence-corrected chi connectivity index (χ1v) is 11.9. The molecular formula is C26H26F3N3O5. The van der Waals surface area contributed by atoms with E-state index in [2.05, 4.69) is 5.32 Å². The zero-order valence-electron chi connectivity index (χ0n) is 20.0. The zero-order valence-corrected chi connectivity index (χ0v) is 20.0. The molecule has 37 heavy (non-hydrogen) atoms. The number of benzene rings is 2. The van der Waals surface area contributed by atoms with Crippen molar-refractivity contribution in [1.29, 1.82) is 0 Å². The number of amides is 1. The number of aryl methyl sites for hydroxylation is 1. The van der Waals surface area contributed by atoms with Crippen LogP contribution in [0.4, 0.5) is 13.2 Å². The Labute approximate surface area is 209 Å². The number of aromatic nitrogens is 2. The van der Waals surface area contributed by atoms with Gasteiger partial charge in [0.25, 0.3) is 5.56 Å². The fourth-order valence-corrected chi connectivity index (χ4v) is 5.03. The number of nitrogens with zero attached hydrogens (tertiary/aromatic N) is 2. The summed E-state index contributed by atoms with van der Waals surface area (Å²) in [4.78, 5) is 50.1. The van der Waals surface area contributed by atoms with Gasteiger partial charge in [-0.05, 0) is 29.9 Å². The first-order valence-electron chi connectivity index (χ1n) is 11.9. The molecule has 2 aromatic carbocycles. The number of halogens is 3. The number of hydrogen-bond donors (Lipinski definition) is 2. The first kappa shape index (κ1) is 26.2. The van der Waals surface area contributed by atoms with Crippen molar-refractivity contribution in [3.63, 3.8) is 0 Å². The Morgan fingerprint density at radius 2 is 1.68 bits per heavy atom. The molecule has 2 N–H and O–H groups in total. The third-order valence-electron chi connectivity index (χ3n) is 7.10. The minimum absolute atomic E-state index is 0.231. The van der Waals surface area contributed by atoms with Crippen molar-refractivity contribution in [2.45, 2.75) is 50.7 Å². The molecule has 0 bridgehead atoms. The van der Waals surface area contributed by atoms with Crippen LogP contribution in [0.15, 0.2) is 58.3 Å². The molecule has 8 nitrogen and oxygen atoms in total. The largest absolute Gasteiger partial charge is 0.480 e. The highest BCUT2D eigenvalue weighted by Gasteiger charge is 2.60. The van der Waals surface area contributed by atoms with Crippen LogP contribution >= 0.6 is 0 Å². The summed E-state index contributed by atoms with van der Waals surface area (Å²) in [5.74, 6) is -2.80. The van der Waals surface area contributed by atoms with Crippen molar-refractivity contribution >= 4 is 22.6 Å². The number of carboxylic acids is 1. The summed E-state index contributed by atoms with van der Waals surface area (Å²) in [5, 5.41) is 12.9. The van der Waals surface area contributed by atoms with E-state index in [-0.39, 0.29) is 37.8 Å². The second-order valence-corrected chi connectivity index (χ2v) is 9.38. The van der Waals surface area contributed by atoms with Crippen LogP contribution in [0.3, 0.4) is 0 Å². The second-order valence-electron chi connectivity index (χ2n) is 9.38. The van der Waals surface area contributed by atoms with Gasteiger partial charge in [-0.25, -0.2) is 14.2 Å². The Morgan fingerprint density at radius 1 is 1.03 bits per heavy atom. The van der Waals surface area contributed by atoms with Crippen molar-refractivity contribution < 1.29 is 27.9 Å².